The largest absolute Gasteiger partial charge is 0.369 e. The predicted octanol–water partition coefficient (Wildman–Crippen LogP) is 1.37. The van der Waals surface area contributed by atoms with Crippen molar-refractivity contribution in [2.24, 2.45) is 5.73 Å². The molecule has 0 radical (unpaired) electrons. The molecule has 0 bridgehead atoms. The minimum Gasteiger partial charge on any atom is -0.369 e. The fourth-order valence-electron chi connectivity index (χ4n) is 2.45. The number of halogens is 1. The molecule has 1 aliphatic heterocycles. The van der Waals surface area contributed by atoms with Crippen LogP contribution < -0.4 is 5.73 Å². The molecule has 1 fully saturated rings. The SMILES string of the molecule is NC(=O)CN1CCCN(C(=O)/C=C\c2cccc(Cl)c2)CC1. The van der Waals surface area contributed by atoms with E-state index in [1.165, 1.54) is 0 Å². The van der Waals surface area contributed by atoms with Crippen molar-refractivity contribution in [2.45, 2.75) is 6.42 Å². The average Bonchev–Trinajstić information content (AvgIpc) is 2.70. The fraction of sp³-hybridized carbons (Fsp3) is 0.375. The molecular formula is C16H20ClN3O2. The number of benzene rings is 1. The Morgan fingerprint density at radius 1 is 1.23 bits per heavy atom. The minimum absolute atomic E-state index is 0.0269. The normalized spacial score (nSPS) is 16.7. The maximum atomic E-state index is 12.2. The third-order valence-electron chi connectivity index (χ3n) is 3.55. The summed E-state index contributed by atoms with van der Waals surface area (Å²) in [5.74, 6) is -0.360. The van der Waals surface area contributed by atoms with Crippen molar-refractivity contribution in [3.63, 3.8) is 0 Å². The third-order valence-corrected chi connectivity index (χ3v) is 3.78. The van der Waals surface area contributed by atoms with Gasteiger partial charge in [0.1, 0.15) is 0 Å². The molecule has 5 nitrogen and oxygen atoms in total. The van der Waals surface area contributed by atoms with Crippen molar-refractivity contribution in [3.8, 4) is 0 Å². The van der Waals surface area contributed by atoms with Crippen molar-refractivity contribution in [1.82, 2.24) is 9.80 Å². The smallest absolute Gasteiger partial charge is 0.246 e. The Hall–Kier alpha value is -1.85. The van der Waals surface area contributed by atoms with Gasteiger partial charge in [0, 0.05) is 37.3 Å². The lowest BCUT2D eigenvalue weighted by Crippen LogP contribution is -2.37. The van der Waals surface area contributed by atoms with Crippen LogP contribution in [0.1, 0.15) is 12.0 Å². The summed E-state index contributed by atoms with van der Waals surface area (Å²) in [6.07, 6.45) is 4.17. The van der Waals surface area contributed by atoms with Crippen LogP contribution in [0.15, 0.2) is 30.3 Å². The molecule has 2 N–H and O–H groups in total. The Morgan fingerprint density at radius 3 is 2.77 bits per heavy atom. The molecule has 22 heavy (non-hydrogen) atoms. The second-order valence-corrected chi connectivity index (χ2v) is 5.75. The van der Waals surface area contributed by atoms with Gasteiger partial charge in [0.15, 0.2) is 0 Å². The molecule has 1 heterocycles. The summed E-state index contributed by atoms with van der Waals surface area (Å²) in [6, 6.07) is 7.35. The highest BCUT2D eigenvalue weighted by Gasteiger charge is 2.18. The van der Waals surface area contributed by atoms with Crippen LogP contribution in [0.4, 0.5) is 0 Å². The Morgan fingerprint density at radius 2 is 2.05 bits per heavy atom. The van der Waals surface area contributed by atoms with Gasteiger partial charge in [-0.25, -0.2) is 0 Å². The Labute approximate surface area is 135 Å². The van der Waals surface area contributed by atoms with Crippen molar-refractivity contribution in [1.29, 1.82) is 0 Å². The molecule has 0 unspecified atom stereocenters. The molecule has 1 aromatic rings. The van der Waals surface area contributed by atoms with E-state index in [4.69, 9.17) is 17.3 Å². The van der Waals surface area contributed by atoms with E-state index in [1.54, 1.807) is 23.1 Å². The fourth-order valence-corrected chi connectivity index (χ4v) is 2.65. The first-order valence-electron chi connectivity index (χ1n) is 7.28. The number of hydrogen-bond acceptors (Lipinski definition) is 3. The number of nitrogens with two attached hydrogens (primary N) is 1. The van der Waals surface area contributed by atoms with E-state index < -0.39 is 0 Å². The summed E-state index contributed by atoms with van der Waals surface area (Å²) in [5, 5.41) is 0.645. The molecule has 2 rings (SSSR count). The molecule has 0 spiro atoms. The number of nitrogens with zero attached hydrogens (tertiary/aromatic N) is 2. The number of carbonyl (C=O) groups excluding carboxylic acids is 2. The van der Waals surface area contributed by atoms with Gasteiger partial charge in [-0.05, 0) is 30.2 Å². The highest BCUT2D eigenvalue weighted by Crippen LogP contribution is 2.12. The van der Waals surface area contributed by atoms with E-state index in [9.17, 15) is 9.59 Å². The Balaban J connectivity index is 1.91. The summed E-state index contributed by atoms with van der Waals surface area (Å²) in [7, 11) is 0. The van der Waals surface area contributed by atoms with Gasteiger partial charge in [-0.3, -0.25) is 14.5 Å². The van der Waals surface area contributed by atoms with E-state index in [-0.39, 0.29) is 18.4 Å². The summed E-state index contributed by atoms with van der Waals surface area (Å²) in [6.45, 7) is 2.99. The molecule has 1 aromatic carbocycles. The molecule has 0 aromatic heterocycles. The maximum Gasteiger partial charge on any atom is 0.246 e. The van der Waals surface area contributed by atoms with Gasteiger partial charge in [0.05, 0.1) is 6.54 Å². The summed E-state index contributed by atoms with van der Waals surface area (Å²) in [4.78, 5) is 27.0. The van der Waals surface area contributed by atoms with E-state index in [1.807, 2.05) is 23.1 Å². The van der Waals surface area contributed by atoms with Crippen LogP contribution >= 0.6 is 11.6 Å². The zero-order valence-electron chi connectivity index (χ0n) is 12.4. The van der Waals surface area contributed by atoms with Gasteiger partial charge in [0.25, 0.3) is 0 Å². The van der Waals surface area contributed by atoms with Crippen LogP contribution in [0.5, 0.6) is 0 Å². The molecular weight excluding hydrogens is 302 g/mol. The number of primary amides is 1. The predicted molar refractivity (Wildman–Crippen MR) is 87.3 cm³/mol. The standard InChI is InChI=1S/C16H20ClN3O2/c17-14-4-1-3-13(11-14)5-6-16(22)20-8-2-7-19(9-10-20)12-15(18)21/h1,3-6,11H,2,7-10,12H2,(H2,18,21)/b6-5-. The molecule has 2 amide bonds. The van der Waals surface area contributed by atoms with Gasteiger partial charge in [-0.2, -0.15) is 0 Å². The Bertz CT molecular complexity index is 574. The van der Waals surface area contributed by atoms with Crippen molar-refractivity contribution < 1.29 is 9.59 Å². The first kappa shape index (κ1) is 16.5. The van der Waals surface area contributed by atoms with Crippen LogP contribution in [0.2, 0.25) is 5.02 Å². The lowest BCUT2D eigenvalue weighted by atomic mass is 10.2. The quantitative estimate of drug-likeness (QED) is 0.852. The number of rotatable bonds is 4. The van der Waals surface area contributed by atoms with E-state index >= 15 is 0 Å². The molecule has 6 heteroatoms. The van der Waals surface area contributed by atoms with Crippen molar-refractivity contribution in [3.05, 3.63) is 40.9 Å². The minimum atomic E-state index is -0.333. The molecule has 1 aliphatic rings. The molecule has 118 valence electrons. The summed E-state index contributed by atoms with van der Waals surface area (Å²) >= 11 is 5.92. The zero-order chi connectivity index (χ0) is 15.9. The van der Waals surface area contributed by atoms with Gasteiger partial charge >= 0.3 is 0 Å². The van der Waals surface area contributed by atoms with Gasteiger partial charge in [-0.15, -0.1) is 0 Å². The first-order chi connectivity index (χ1) is 10.5. The zero-order valence-corrected chi connectivity index (χ0v) is 13.1. The Kier molecular flexibility index (Phi) is 5.98. The lowest BCUT2D eigenvalue weighted by Gasteiger charge is -2.19. The van der Waals surface area contributed by atoms with Gasteiger partial charge < -0.3 is 10.6 Å². The van der Waals surface area contributed by atoms with Crippen molar-refractivity contribution in [2.75, 3.05) is 32.7 Å². The summed E-state index contributed by atoms with van der Waals surface area (Å²) < 4.78 is 0. The molecule has 0 atom stereocenters. The maximum absolute atomic E-state index is 12.2. The topological polar surface area (TPSA) is 66.6 Å². The molecule has 1 saturated heterocycles. The summed E-state index contributed by atoms with van der Waals surface area (Å²) in [5.41, 5.74) is 6.10. The third kappa shape index (κ3) is 5.16. The van der Waals surface area contributed by atoms with Crippen molar-refractivity contribution >= 4 is 29.5 Å². The van der Waals surface area contributed by atoms with E-state index in [0.717, 1.165) is 18.5 Å². The average molecular weight is 322 g/mol. The monoisotopic (exact) mass is 321 g/mol. The van der Waals surface area contributed by atoms with Crippen LogP contribution in [-0.2, 0) is 9.59 Å². The van der Waals surface area contributed by atoms with E-state index in [0.29, 0.717) is 24.7 Å². The van der Waals surface area contributed by atoms with Crippen LogP contribution in [-0.4, -0.2) is 54.3 Å². The molecule has 0 saturated carbocycles. The molecule has 0 aliphatic carbocycles. The number of amides is 2. The van der Waals surface area contributed by atoms with E-state index in [2.05, 4.69) is 0 Å². The van der Waals surface area contributed by atoms with Gasteiger partial charge in [0.2, 0.25) is 11.8 Å². The highest BCUT2D eigenvalue weighted by molar-refractivity contribution is 6.30. The highest BCUT2D eigenvalue weighted by atomic mass is 35.5. The second-order valence-electron chi connectivity index (χ2n) is 5.31. The van der Waals surface area contributed by atoms with Crippen LogP contribution in [0.3, 0.4) is 0 Å². The lowest BCUT2D eigenvalue weighted by molar-refractivity contribution is -0.125. The van der Waals surface area contributed by atoms with Crippen LogP contribution in [0.25, 0.3) is 6.08 Å². The number of carbonyl (C=O) groups is 2. The van der Waals surface area contributed by atoms with Gasteiger partial charge in [-0.1, -0.05) is 23.7 Å². The first-order valence-corrected chi connectivity index (χ1v) is 7.65. The second kappa shape index (κ2) is 7.96. The number of hydrogen-bond donors (Lipinski definition) is 1. The van der Waals surface area contributed by atoms with Crippen LogP contribution in [0, 0.1) is 0 Å².